The summed E-state index contributed by atoms with van der Waals surface area (Å²) in [6.45, 7) is 0. The third kappa shape index (κ3) is 2.54. The van der Waals surface area contributed by atoms with E-state index in [1.165, 1.54) is 6.26 Å². The molecule has 8 heteroatoms. The molecule has 7 nitrogen and oxygen atoms in total. The summed E-state index contributed by atoms with van der Waals surface area (Å²) >= 11 is 0. The molecule has 2 aliphatic rings. The average molecular weight is 349 g/mol. The largest absolute Gasteiger partial charge is 0.463 e. The highest BCUT2D eigenvalue weighted by atomic mass is 32.2. The quantitative estimate of drug-likeness (QED) is 0.912. The molecule has 0 radical (unpaired) electrons. The Morgan fingerprint density at radius 1 is 1.33 bits per heavy atom. The van der Waals surface area contributed by atoms with Crippen LogP contribution in [0.1, 0.15) is 36.2 Å². The van der Waals surface area contributed by atoms with Gasteiger partial charge in [-0.25, -0.2) is 8.42 Å². The average Bonchev–Trinajstić information content (AvgIpc) is 3.24. The molecule has 2 aromatic rings. The van der Waals surface area contributed by atoms with Crippen LogP contribution in [0.3, 0.4) is 0 Å². The lowest BCUT2D eigenvalue weighted by atomic mass is 10.0. The van der Waals surface area contributed by atoms with Crippen LogP contribution >= 0.6 is 0 Å². The van der Waals surface area contributed by atoms with Crippen LogP contribution in [0, 0.1) is 0 Å². The van der Waals surface area contributed by atoms with Gasteiger partial charge in [-0.1, -0.05) is 0 Å². The number of piperidine rings is 1. The third-order valence-corrected chi connectivity index (χ3v) is 6.71. The summed E-state index contributed by atoms with van der Waals surface area (Å²) in [5.74, 6) is 0.490. The Hall–Kier alpha value is -2.09. The Kier molecular flexibility index (Phi) is 3.52. The third-order valence-electron chi connectivity index (χ3n) is 5.11. The van der Waals surface area contributed by atoms with Crippen LogP contribution in [0.2, 0.25) is 0 Å². The van der Waals surface area contributed by atoms with Gasteiger partial charge in [-0.2, -0.15) is 5.10 Å². The van der Waals surface area contributed by atoms with Gasteiger partial charge in [0.05, 0.1) is 11.5 Å². The van der Waals surface area contributed by atoms with E-state index in [0.717, 1.165) is 12.8 Å². The molecule has 2 aromatic heterocycles. The van der Waals surface area contributed by atoms with Crippen LogP contribution in [-0.4, -0.2) is 53.0 Å². The molecular formula is C16H19N3O4S. The number of H-pyrrole nitrogens is 1. The highest BCUT2D eigenvalue weighted by Crippen LogP contribution is 2.39. The monoisotopic (exact) mass is 349 g/mol. The van der Waals surface area contributed by atoms with Crippen LogP contribution < -0.4 is 0 Å². The lowest BCUT2D eigenvalue weighted by Gasteiger charge is -2.37. The van der Waals surface area contributed by atoms with Crippen molar-refractivity contribution in [3.05, 3.63) is 30.2 Å². The van der Waals surface area contributed by atoms with E-state index in [1.54, 1.807) is 24.5 Å². The number of aromatic amines is 1. The standard InChI is InChI=1S/C16H19N3O4S/c1-24(21,22)12-7-10-4-5-11(8-12)19(10)16(20)14-9-13(17-18-14)15-3-2-6-23-15/h2-3,6,9-12H,4-5,7-8H2,1H3,(H,17,18)/t10-,11+,12?. The second-order valence-corrected chi connectivity index (χ2v) is 8.99. The minimum absolute atomic E-state index is 0.0141. The summed E-state index contributed by atoms with van der Waals surface area (Å²) in [5.41, 5.74) is 0.998. The molecule has 3 atom stereocenters. The Labute approximate surface area is 139 Å². The number of rotatable bonds is 3. The van der Waals surface area contributed by atoms with Crippen LogP contribution in [-0.2, 0) is 9.84 Å². The van der Waals surface area contributed by atoms with Gasteiger partial charge in [0.25, 0.3) is 5.91 Å². The Bertz CT molecular complexity index is 842. The Balaban J connectivity index is 1.56. The topological polar surface area (TPSA) is 96.3 Å². The molecule has 2 bridgehead atoms. The van der Waals surface area contributed by atoms with Gasteiger partial charge < -0.3 is 9.32 Å². The first-order valence-corrected chi connectivity index (χ1v) is 10.00. The molecule has 128 valence electrons. The molecule has 0 saturated carbocycles. The van der Waals surface area contributed by atoms with Crippen LogP contribution in [0.15, 0.2) is 28.9 Å². The SMILES string of the molecule is CS(=O)(=O)C1C[C@H]2CC[C@@H](C1)N2C(=O)c1cc(-c2ccco2)[nH]n1. The van der Waals surface area contributed by atoms with Gasteiger partial charge in [0, 0.05) is 24.4 Å². The fourth-order valence-corrected chi connectivity index (χ4v) is 5.07. The lowest BCUT2D eigenvalue weighted by molar-refractivity contribution is 0.0592. The van der Waals surface area contributed by atoms with Crippen molar-refractivity contribution in [3.8, 4) is 11.5 Å². The van der Waals surface area contributed by atoms with E-state index in [-0.39, 0.29) is 23.2 Å². The van der Waals surface area contributed by atoms with Gasteiger partial charge in [0.15, 0.2) is 11.5 Å². The second-order valence-electron chi connectivity index (χ2n) is 6.66. The van der Waals surface area contributed by atoms with Crippen LogP contribution in [0.5, 0.6) is 0 Å². The number of carbonyl (C=O) groups excluding carboxylic acids is 1. The molecule has 2 saturated heterocycles. The maximum atomic E-state index is 12.9. The normalized spacial score (nSPS) is 26.7. The molecule has 4 rings (SSSR count). The van der Waals surface area contributed by atoms with Gasteiger partial charge in [-0.15, -0.1) is 0 Å². The summed E-state index contributed by atoms with van der Waals surface area (Å²) in [7, 11) is -3.06. The van der Waals surface area contributed by atoms with E-state index in [0.29, 0.717) is 30.0 Å². The van der Waals surface area contributed by atoms with Gasteiger partial charge in [0.2, 0.25) is 0 Å². The Morgan fingerprint density at radius 3 is 2.62 bits per heavy atom. The lowest BCUT2D eigenvalue weighted by Crippen LogP contribution is -2.49. The summed E-state index contributed by atoms with van der Waals surface area (Å²) in [6.07, 6.45) is 5.62. The molecule has 24 heavy (non-hydrogen) atoms. The van der Waals surface area contributed by atoms with E-state index >= 15 is 0 Å². The van der Waals surface area contributed by atoms with E-state index in [9.17, 15) is 13.2 Å². The van der Waals surface area contributed by atoms with Crippen molar-refractivity contribution in [1.29, 1.82) is 0 Å². The van der Waals surface area contributed by atoms with E-state index in [4.69, 9.17) is 4.42 Å². The molecule has 0 aliphatic carbocycles. The zero-order valence-electron chi connectivity index (χ0n) is 13.3. The molecule has 4 heterocycles. The number of aromatic nitrogens is 2. The number of nitrogens with zero attached hydrogens (tertiary/aromatic N) is 2. The Morgan fingerprint density at radius 2 is 2.04 bits per heavy atom. The smallest absolute Gasteiger partial charge is 0.274 e. The van der Waals surface area contributed by atoms with E-state index < -0.39 is 9.84 Å². The number of fused-ring (bicyclic) bond motifs is 2. The van der Waals surface area contributed by atoms with E-state index in [1.807, 2.05) is 4.90 Å². The summed E-state index contributed by atoms with van der Waals surface area (Å²) in [6, 6.07) is 5.22. The van der Waals surface area contributed by atoms with Crippen molar-refractivity contribution in [2.45, 2.75) is 43.0 Å². The summed E-state index contributed by atoms with van der Waals surface area (Å²) in [5, 5.41) is 6.61. The summed E-state index contributed by atoms with van der Waals surface area (Å²) < 4.78 is 29.0. The molecule has 0 spiro atoms. The second kappa shape index (κ2) is 5.47. The highest BCUT2D eigenvalue weighted by Gasteiger charge is 2.46. The summed E-state index contributed by atoms with van der Waals surface area (Å²) in [4.78, 5) is 14.7. The molecule has 0 aromatic carbocycles. The first-order valence-electron chi connectivity index (χ1n) is 8.04. The van der Waals surface area contributed by atoms with Crippen molar-refractivity contribution in [2.24, 2.45) is 0 Å². The molecule has 1 amide bonds. The van der Waals surface area contributed by atoms with Crippen molar-refractivity contribution in [2.75, 3.05) is 6.26 Å². The predicted octanol–water partition coefficient (Wildman–Crippen LogP) is 1.85. The van der Waals surface area contributed by atoms with E-state index in [2.05, 4.69) is 10.2 Å². The van der Waals surface area contributed by atoms with Gasteiger partial charge in [-0.05, 0) is 37.8 Å². The van der Waals surface area contributed by atoms with Crippen molar-refractivity contribution >= 4 is 15.7 Å². The predicted molar refractivity (Wildman–Crippen MR) is 87.1 cm³/mol. The number of sulfone groups is 1. The molecule has 1 N–H and O–H groups in total. The zero-order valence-corrected chi connectivity index (χ0v) is 14.1. The number of amides is 1. The maximum Gasteiger partial charge on any atom is 0.274 e. The van der Waals surface area contributed by atoms with Crippen molar-refractivity contribution in [3.63, 3.8) is 0 Å². The molecule has 2 fully saturated rings. The minimum atomic E-state index is -3.06. The number of carbonyl (C=O) groups is 1. The molecular weight excluding hydrogens is 330 g/mol. The van der Waals surface area contributed by atoms with Gasteiger partial charge in [0.1, 0.15) is 15.5 Å². The minimum Gasteiger partial charge on any atom is -0.463 e. The molecule has 2 aliphatic heterocycles. The molecule has 1 unspecified atom stereocenters. The van der Waals surface area contributed by atoms with Crippen LogP contribution in [0.25, 0.3) is 11.5 Å². The highest BCUT2D eigenvalue weighted by molar-refractivity contribution is 7.91. The maximum absolute atomic E-state index is 12.9. The number of hydrogen-bond donors (Lipinski definition) is 1. The number of furan rings is 1. The first-order chi connectivity index (χ1) is 11.4. The van der Waals surface area contributed by atoms with Gasteiger partial charge >= 0.3 is 0 Å². The van der Waals surface area contributed by atoms with Crippen LogP contribution in [0.4, 0.5) is 0 Å². The zero-order chi connectivity index (χ0) is 16.9. The fraction of sp³-hybridized carbons (Fsp3) is 0.500. The first kappa shape index (κ1) is 15.4. The number of hydrogen-bond acceptors (Lipinski definition) is 5. The fourth-order valence-electron chi connectivity index (χ4n) is 3.93. The van der Waals surface area contributed by atoms with Gasteiger partial charge in [-0.3, -0.25) is 9.89 Å². The van der Waals surface area contributed by atoms with Crippen molar-refractivity contribution < 1.29 is 17.6 Å². The number of nitrogens with one attached hydrogen (secondary N) is 1. The van der Waals surface area contributed by atoms with Crippen molar-refractivity contribution in [1.82, 2.24) is 15.1 Å².